The molecule has 0 aliphatic heterocycles. The molecule has 7 heteroatoms. The van der Waals surface area contributed by atoms with Gasteiger partial charge in [0.1, 0.15) is 5.69 Å². The minimum absolute atomic E-state index is 0.123. The Bertz CT molecular complexity index is 835. The van der Waals surface area contributed by atoms with Crippen LogP contribution in [0.2, 0.25) is 0 Å². The summed E-state index contributed by atoms with van der Waals surface area (Å²) in [6.45, 7) is 2.05. The highest BCUT2D eigenvalue weighted by atomic mass is 32.1. The first-order chi connectivity index (χ1) is 11.6. The molecule has 0 radical (unpaired) electrons. The lowest BCUT2D eigenvalue weighted by Crippen LogP contribution is -2.28. The van der Waals surface area contributed by atoms with Crippen LogP contribution in [0.4, 0.5) is 0 Å². The highest BCUT2D eigenvalue weighted by molar-refractivity contribution is 7.13. The summed E-state index contributed by atoms with van der Waals surface area (Å²) < 4.78 is 0. The van der Waals surface area contributed by atoms with Gasteiger partial charge < -0.3 is 10.4 Å². The molecular formula is C17H16N4O2S. The molecule has 2 aromatic heterocycles. The van der Waals surface area contributed by atoms with Crippen molar-refractivity contribution in [2.45, 2.75) is 13.0 Å². The molecule has 122 valence electrons. The quantitative estimate of drug-likeness (QED) is 0.744. The maximum absolute atomic E-state index is 12.2. The maximum atomic E-state index is 12.2. The number of nitrogens with one attached hydrogen (secondary N) is 1. The normalized spacial score (nSPS) is 11.9. The molecule has 24 heavy (non-hydrogen) atoms. The van der Waals surface area contributed by atoms with E-state index in [-0.39, 0.29) is 12.5 Å². The van der Waals surface area contributed by atoms with Crippen LogP contribution in [0.15, 0.2) is 48.1 Å². The molecule has 0 aliphatic carbocycles. The standard InChI is InChI=1S/C17H16N4O2S/c1-11-5-2-3-6-12(11)14(22)9-20-16(23)13-10-24-17(21-13)15-18-7-4-8-19-15/h2-8,10,14,22H,9H2,1H3,(H,20,23). The van der Waals surface area contributed by atoms with Crippen LogP contribution in [0, 0.1) is 6.92 Å². The van der Waals surface area contributed by atoms with Crippen molar-refractivity contribution < 1.29 is 9.90 Å². The summed E-state index contributed by atoms with van der Waals surface area (Å²) >= 11 is 1.30. The number of aromatic nitrogens is 3. The SMILES string of the molecule is Cc1ccccc1C(O)CNC(=O)c1csc(-c2ncccn2)n1. The van der Waals surface area contributed by atoms with Gasteiger partial charge in [0, 0.05) is 24.3 Å². The second-order valence-corrected chi connectivity index (χ2v) is 6.05. The van der Waals surface area contributed by atoms with E-state index in [9.17, 15) is 9.90 Å². The van der Waals surface area contributed by atoms with Gasteiger partial charge in [-0.15, -0.1) is 11.3 Å². The molecular weight excluding hydrogens is 324 g/mol. The molecule has 0 aliphatic rings. The lowest BCUT2D eigenvalue weighted by molar-refractivity contribution is 0.0912. The van der Waals surface area contributed by atoms with Crippen LogP contribution < -0.4 is 5.32 Å². The monoisotopic (exact) mass is 340 g/mol. The number of aliphatic hydroxyl groups excluding tert-OH is 1. The van der Waals surface area contributed by atoms with E-state index in [0.717, 1.165) is 11.1 Å². The summed E-state index contributed by atoms with van der Waals surface area (Å²) in [5.74, 6) is 0.155. The van der Waals surface area contributed by atoms with E-state index in [1.807, 2.05) is 31.2 Å². The van der Waals surface area contributed by atoms with Gasteiger partial charge in [0.25, 0.3) is 5.91 Å². The van der Waals surface area contributed by atoms with E-state index in [2.05, 4.69) is 20.3 Å². The van der Waals surface area contributed by atoms with E-state index >= 15 is 0 Å². The van der Waals surface area contributed by atoms with E-state index < -0.39 is 6.10 Å². The zero-order valence-electron chi connectivity index (χ0n) is 13.0. The number of hydrogen-bond acceptors (Lipinski definition) is 6. The molecule has 1 aromatic carbocycles. The smallest absolute Gasteiger partial charge is 0.270 e. The predicted octanol–water partition coefficient (Wildman–Crippen LogP) is 2.37. The molecule has 0 bridgehead atoms. The number of aliphatic hydroxyl groups is 1. The van der Waals surface area contributed by atoms with Crippen LogP contribution in [0.5, 0.6) is 0 Å². The number of benzene rings is 1. The lowest BCUT2D eigenvalue weighted by atomic mass is 10.0. The first-order valence-electron chi connectivity index (χ1n) is 7.40. The Morgan fingerprint density at radius 1 is 1.25 bits per heavy atom. The molecule has 2 heterocycles. The molecule has 1 unspecified atom stereocenters. The topological polar surface area (TPSA) is 88.0 Å². The summed E-state index contributed by atoms with van der Waals surface area (Å²) in [6.07, 6.45) is 2.50. The molecule has 2 N–H and O–H groups in total. The highest BCUT2D eigenvalue weighted by Crippen LogP contribution is 2.20. The van der Waals surface area contributed by atoms with Gasteiger partial charge in [0.15, 0.2) is 10.8 Å². The molecule has 0 saturated heterocycles. The van der Waals surface area contributed by atoms with Gasteiger partial charge in [-0.05, 0) is 24.1 Å². The molecule has 0 spiro atoms. The summed E-state index contributed by atoms with van der Waals surface area (Å²) in [6, 6.07) is 9.26. The molecule has 6 nitrogen and oxygen atoms in total. The molecule has 1 atom stereocenters. The number of hydrogen-bond donors (Lipinski definition) is 2. The minimum atomic E-state index is -0.759. The van der Waals surface area contributed by atoms with Crippen LogP contribution in [0.3, 0.4) is 0 Å². The van der Waals surface area contributed by atoms with Gasteiger partial charge >= 0.3 is 0 Å². The van der Waals surface area contributed by atoms with Crippen molar-refractivity contribution in [2.24, 2.45) is 0 Å². The second-order valence-electron chi connectivity index (χ2n) is 5.19. The van der Waals surface area contributed by atoms with E-state index in [1.165, 1.54) is 11.3 Å². The van der Waals surface area contributed by atoms with E-state index in [4.69, 9.17) is 0 Å². The molecule has 1 amide bonds. The predicted molar refractivity (Wildman–Crippen MR) is 91.6 cm³/mol. The fraction of sp³-hybridized carbons (Fsp3) is 0.176. The summed E-state index contributed by atoms with van der Waals surface area (Å²) in [5.41, 5.74) is 2.07. The van der Waals surface area contributed by atoms with Crippen LogP contribution in [-0.4, -0.2) is 32.5 Å². The summed E-state index contributed by atoms with van der Waals surface area (Å²) in [5, 5.41) is 15.2. The fourth-order valence-electron chi connectivity index (χ4n) is 2.24. The number of carbonyl (C=O) groups excluding carboxylic acids is 1. The van der Waals surface area contributed by atoms with Crippen molar-refractivity contribution in [3.8, 4) is 10.8 Å². The van der Waals surface area contributed by atoms with Gasteiger partial charge in [-0.3, -0.25) is 4.79 Å². The highest BCUT2D eigenvalue weighted by Gasteiger charge is 2.15. The van der Waals surface area contributed by atoms with Crippen molar-refractivity contribution in [3.63, 3.8) is 0 Å². The summed E-state index contributed by atoms with van der Waals surface area (Å²) in [4.78, 5) is 24.7. The number of carbonyl (C=O) groups is 1. The lowest BCUT2D eigenvalue weighted by Gasteiger charge is -2.14. The minimum Gasteiger partial charge on any atom is -0.387 e. The third-order valence-corrected chi connectivity index (χ3v) is 4.34. The first kappa shape index (κ1) is 16.2. The second kappa shape index (κ2) is 7.29. The van der Waals surface area contributed by atoms with Crippen molar-refractivity contribution in [1.82, 2.24) is 20.3 Å². The zero-order valence-corrected chi connectivity index (χ0v) is 13.8. The van der Waals surface area contributed by atoms with Gasteiger partial charge in [0.2, 0.25) is 0 Å². The Morgan fingerprint density at radius 2 is 2.00 bits per heavy atom. The average molecular weight is 340 g/mol. The van der Waals surface area contributed by atoms with E-state index in [0.29, 0.717) is 16.5 Å². The maximum Gasteiger partial charge on any atom is 0.270 e. The zero-order chi connectivity index (χ0) is 16.9. The number of amides is 1. The van der Waals surface area contributed by atoms with Crippen LogP contribution in [0.25, 0.3) is 10.8 Å². The summed E-state index contributed by atoms with van der Waals surface area (Å²) in [7, 11) is 0. The Morgan fingerprint density at radius 3 is 2.75 bits per heavy atom. The van der Waals surface area contributed by atoms with Crippen LogP contribution in [0.1, 0.15) is 27.7 Å². The Balaban J connectivity index is 1.64. The van der Waals surface area contributed by atoms with Gasteiger partial charge in [-0.25, -0.2) is 15.0 Å². The molecule has 3 rings (SSSR count). The number of aryl methyl sites for hydroxylation is 1. The first-order valence-corrected chi connectivity index (χ1v) is 8.28. The average Bonchev–Trinajstić information content (AvgIpc) is 3.11. The molecule has 0 fully saturated rings. The van der Waals surface area contributed by atoms with Crippen LogP contribution >= 0.6 is 11.3 Å². The Kier molecular flexibility index (Phi) is 4.93. The number of rotatable bonds is 5. The van der Waals surface area contributed by atoms with Gasteiger partial charge in [-0.2, -0.15) is 0 Å². The van der Waals surface area contributed by atoms with Crippen molar-refractivity contribution in [1.29, 1.82) is 0 Å². The van der Waals surface area contributed by atoms with Crippen molar-refractivity contribution in [3.05, 3.63) is 64.9 Å². The largest absolute Gasteiger partial charge is 0.387 e. The fourth-order valence-corrected chi connectivity index (χ4v) is 2.99. The third kappa shape index (κ3) is 3.64. The van der Waals surface area contributed by atoms with Crippen LogP contribution in [-0.2, 0) is 0 Å². The van der Waals surface area contributed by atoms with Crippen molar-refractivity contribution in [2.75, 3.05) is 6.54 Å². The van der Waals surface area contributed by atoms with E-state index in [1.54, 1.807) is 23.8 Å². The van der Waals surface area contributed by atoms with Gasteiger partial charge in [0.05, 0.1) is 6.10 Å². The molecule has 0 saturated carbocycles. The third-order valence-electron chi connectivity index (χ3n) is 3.50. The number of nitrogens with zero attached hydrogens (tertiary/aromatic N) is 3. The van der Waals surface area contributed by atoms with Crippen molar-refractivity contribution >= 4 is 17.2 Å². The Hall–Kier alpha value is -2.64. The number of thiazole rings is 1. The Labute approximate surface area is 143 Å². The van der Waals surface area contributed by atoms with Gasteiger partial charge in [-0.1, -0.05) is 24.3 Å². The molecule has 3 aromatic rings.